The highest BCUT2D eigenvalue weighted by Crippen LogP contribution is 2.39. The van der Waals surface area contributed by atoms with Crippen molar-refractivity contribution in [3.63, 3.8) is 0 Å². The predicted molar refractivity (Wildman–Crippen MR) is 123 cm³/mol. The van der Waals surface area contributed by atoms with Gasteiger partial charge in [-0.05, 0) is 67.8 Å². The van der Waals surface area contributed by atoms with E-state index in [0.717, 1.165) is 4.90 Å². The predicted octanol–water partition coefficient (Wildman–Crippen LogP) is 2.14. The number of benzene rings is 1. The van der Waals surface area contributed by atoms with Crippen LogP contribution in [0.1, 0.15) is 24.2 Å². The summed E-state index contributed by atoms with van der Waals surface area (Å²) >= 11 is 5.67. The van der Waals surface area contributed by atoms with Gasteiger partial charge in [0.1, 0.15) is 12.8 Å². The number of carbonyl (C=O) groups excluding carboxylic acids is 4. The molecule has 0 saturated heterocycles. The lowest BCUT2D eigenvalue weighted by Crippen LogP contribution is -2.38. The Morgan fingerprint density at radius 3 is 1.74 bits per heavy atom. The molecule has 0 spiro atoms. The molecule has 0 heterocycles. The van der Waals surface area contributed by atoms with Crippen LogP contribution in [0, 0.1) is 10.7 Å². The summed E-state index contributed by atoms with van der Waals surface area (Å²) in [5, 5.41) is 14.3. The Morgan fingerprint density at radius 1 is 0.963 bits per heavy atom. The number of hydrogen-bond acceptors (Lipinski definition) is 5. The molecule has 0 radical (unpaired) electrons. The van der Waals surface area contributed by atoms with E-state index >= 15 is 0 Å². The Hall–Kier alpha value is -1.04. The van der Waals surface area contributed by atoms with E-state index in [2.05, 4.69) is 10.6 Å². The Morgan fingerprint density at radius 2 is 1.41 bits per heavy atom. The second kappa shape index (κ2) is 10.5. The number of carboxylic acids is 1. The maximum absolute atomic E-state index is 13.0. The van der Waals surface area contributed by atoms with Crippen LogP contribution >= 0.6 is 67.8 Å². The molecule has 0 aromatic heterocycles. The summed E-state index contributed by atoms with van der Waals surface area (Å²) in [5.41, 5.74) is 0.724. The van der Waals surface area contributed by atoms with Crippen LogP contribution in [0.2, 0.25) is 0 Å². The SMILES string of the molecule is CC(=O)Nc1c(I)c(NC(C)=O)c(I)c(C(=O)N(CC=O)CC(=O)O)c1I. The lowest BCUT2D eigenvalue weighted by molar-refractivity contribution is -0.137. The van der Waals surface area contributed by atoms with E-state index in [1.54, 1.807) is 0 Å². The third-order valence-electron chi connectivity index (χ3n) is 3.04. The molecule has 0 aliphatic carbocycles. The maximum atomic E-state index is 13.0. The van der Waals surface area contributed by atoms with Crippen LogP contribution < -0.4 is 10.6 Å². The molecule has 27 heavy (non-hydrogen) atoms. The highest BCUT2D eigenvalue weighted by atomic mass is 127. The first kappa shape index (κ1) is 24.0. The summed E-state index contributed by atoms with van der Waals surface area (Å²) < 4.78 is 1.26. The molecule has 0 saturated carbocycles. The van der Waals surface area contributed by atoms with Crippen molar-refractivity contribution in [3.05, 3.63) is 16.3 Å². The molecule has 1 rings (SSSR count). The van der Waals surface area contributed by atoms with Gasteiger partial charge in [0.15, 0.2) is 0 Å². The van der Waals surface area contributed by atoms with Gasteiger partial charge in [0, 0.05) is 13.8 Å². The molecule has 0 fully saturated rings. The van der Waals surface area contributed by atoms with E-state index in [-0.39, 0.29) is 17.4 Å². The Bertz CT molecular complexity index is 785. The molecule has 3 N–H and O–H groups in total. The van der Waals surface area contributed by atoms with Crippen molar-refractivity contribution in [1.82, 2.24) is 4.90 Å². The molecule has 0 aliphatic rings. The van der Waals surface area contributed by atoms with Gasteiger partial charge < -0.3 is 25.4 Å². The van der Waals surface area contributed by atoms with Crippen LogP contribution in [0.3, 0.4) is 0 Å². The van der Waals surface area contributed by atoms with Crippen molar-refractivity contribution >= 4 is 109 Å². The average Bonchev–Trinajstić information content (AvgIpc) is 2.54. The first-order chi connectivity index (χ1) is 12.5. The zero-order valence-corrected chi connectivity index (χ0v) is 20.5. The number of anilines is 2. The van der Waals surface area contributed by atoms with Gasteiger partial charge in [-0.1, -0.05) is 0 Å². The first-order valence-corrected chi connectivity index (χ1v) is 10.4. The van der Waals surface area contributed by atoms with Crippen LogP contribution in [0.5, 0.6) is 0 Å². The van der Waals surface area contributed by atoms with Gasteiger partial charge in [0.25, 0.3) is 5.91 Å². The second-order valence-corrected chi connectivity index (χ2v) is 8.41. The van der Waals surface area contributed by atoms with E-state index in [1.165, 1.54) is 13.8 Å². The number of carbonyl (C=O) groups is 5. The van der Waals surface area contributed by atoms with E-state index in [4.69, 9.17) is 5.11 Å². The van der Waals surface area contributed by atoms with Crippen molar-refractivity contribution in [2.24, 2.45) is 0 Å². The van der Waals surface area contributed by atoms with Gasteiger partial charge >= 0.3 is 5.97 Å². The number of nitrogens with zero attached hydrogens (tertiary/aromatic N) is 1. The maximum Gasteiger partial charge on any atom is 0.323 e. The zero-order chi connectivity index (χ0) is 20.9. The van der Waals surface area contributed by atoms with Crippen molar-refractivity contribution in [2.45, 2.75) is 13.8 Å². The molecule has 12 heteroatoms. The summed E-state index contributed by atoms with van der Waals surface area (Å²) in [6.07, 6.45) is 0.427. The van der Waals surface area contributed by atoms with Gasteiger partial charge in [-0.2, -0.15) is 0 Å². The topological polar surface area (TPSA) is 133 Å². The van der Waals surface area contributed by atoms with Crippen molar-refractivity contribution in [2.75, 3.05) is 23.7 Å². The van der Waals surface area contributed by atoms with Gasteiger partial charge in [-0.25, -0.2) is 0 Å². The Balaban J connectivity index is 3.70. The number of nitrogens with one attached hydrogen (secondary N) is 2. The molecule has 0 bridgehead atoms. The van der Waals surface area contributed by atoms with Crippen molar-refractivity contribution in [3.8, 4) is 0 Å². The highest BCUT2D eigenvalue weighted by molar-refractivity contribution is 14.1. The van der Waals surface area contributed by atoms with E-state index in [0.29, 0.717) is 28.4 Å². The monoisotopic (exact) mass is 713 g/mol. The molecule has 9 nitrogen and oxygen atoms in total. The minimum Gasteiger partial charge on any atom is -0.480 e. The molecule has 0 atom stereocenters. The lowest BCUT2D eigenvalue weighted by Gasteiger charge is -2.23. The summed E-state index contributed by atoms with van der Waals surface area (Å²) in [7, 11) is 0. The minimum absolute atomic E-state index is 0.0900. The fraction of sp³-hybridized carbons (Fsp3) is 0.267. The van der Waals surface area contributed by atoms with Crippen molar-refractivity contribution < 1.29 is 29.1 Å². The van der Waals surface area contributed by atoms with Gasteiger partial charge in [0.2, 0.25) is 11.8 Å². The number of halogens is 3. The lowest BCUT2D eigenvalue weighted by atomic mass is 10.1. The quantitative estimate of drug-likeness (QED) is 0.293. The molecule has 1 aromatic carbocycles. The first-order valence-electron chi connectivity index (χ1n) is 7.21. The summed E-state index contributed by atoms with van der Waals surface area (Å²) in [6.45, 7) is 1.52. The normalized spacial score (nSPS) is 10.1. The van der Waals surface area contributed by atoms with Crippen LogP contribution in [0.15, 0.2) is 0 Å². The highest BCUT2D eigenvalue weighted by Gasteiger charge is 2.29. The largest absolute Gasteiger partial charge is 0.480 e. The number of aliphatic carboxylic acids is 1. The van der Waals surface area contributed by atoms with E-state index in [1.807, 2.05) is 67.8 Å². The van der Waals surface area contributed by atoms with E-state index in [9.17, 15) is 24.0 Å². The van der Waals surface area contributed by atoms with Crippen LogP contribution in [-0.4, -0.2) is 53.1 Å². The molecule has 146 valence electrons. The van der Waals surface area contributed by atoms with Gasteiger partial charge in [0.05, 0.1) is 34.2 Å². The number of amides is 3. The van der Waals surface area contributed by atoms with Crippen LogP contribution in [0.25, 0.3) is 0 Å². The van der Waals surface area contributed by atoms with E-state index < -0.39 is 25.0 Å². The Labute approximate surface area is 195 Å². The van der Waals surface area contributed by atoms with Crippen LogP contribution in [0.4, 0.5) is 11.4 Å². The third-order valence-corrected chi connectivity index (χ3v) is 6.28. The molecule has 1 aromatic rings. The van der Waals surface area contributed by atoms with Gasteiger partial charge in [-0.15, -0.1) is 0 Å². The average molecular weight is 713 g/mol. The summed E-state index contributed by atoms with van der Waals surface area (Å²) in [5.74, 6) is -2.73. The summed E-state index contributed by atoms with van der Waals surface area (Å²) in [4.78, 5) is 58.9. The van der Waals surface area contributed by atoms with Crippen LogP contribution in [-0.2, 0) is 19.2 Å². The third kappa shape index (κ3) is 6.23. The number of rotatable bonds is 7. The van der Waals surface area contributed by atoms with Crippen molar-refractivity contribution in [1.29, 1.82) is 0 Å². The molecule has 3 amide bonds. The number of carboxylic acid groups (broad SMARTS) is 1. The van der Waals surface area contributed by atoms with Gasteiger partial charge in [-0.3, -0.25) is 19.2 Å². The Kier molecular flexibility index (Phi) is 9.32. The minimum atomic E-state index is -1.27. The number of aldehydes is 1. The molecule has 0 unspecified atom stereocenters. The molecular formula is C15H14I3N3O6. The molecule has 0 aliphatic heterocycles. The number of hydrogen-bond donors (Lipinski definition) is 3. The smallest absolute Gasteiger partial charge is 0.323 e. The summed E-state index contributed by atoms with van der Waals surface area (Å²) in [6, 6.07) is 0. The fourth-order valence-corrected chi connectivity index (χ4v) is 6.22. The second-order valence-electron chi connectivity index (χ2n) is 5.18. The fourth-order valence-electron chi connectivity index (χ4n) is 2.05. The molecular weight excluding hydrogens is 699 g/mol. The standard InChI is InChI=1S/C15H14I3N3O6/c1-6(23)19-13-10(16)9(11(17)14(12(13)18)20-7(2)24)15(27)21(3-4-22)5-8(25)26/h4H,3,5H2,1-2H3,(H,19,23)(H,20,24)(H,25,26). The zero-order valence-electron chi connectivity index (χ0n) is 14.1.